The predicted molar refractivity (Wildman–Crippen MR) is 72.0 cm³/mol. The van der Waals surface area contributed by atoms with Crippen LogP contribution in [0.3, 0.4) is 0 Å². The molecule has 0 aromatic heterocycles. The van der Waals surface area contributed by atoms with Crippen LogP contribution in [-0.4, -0.2) is 39.5 Å². The lowest BCUT2D eigenvalue weighted by Gasteiger charge is -2.44. The van der Waals surface area contributed by atoms with E-state index in [-0.39, 0.29) is 11.3 Å². The van der Waals surface area contributed by atoms with Gasteiger partial charge in [0, 0.05) is 5.75 Å². The monoisotopic (exact) mass is 280 g/mol. The van der Waals surface area contributed by atoms with Gasteiger partial charge in [-0.3, -0.25) is 14.5 Å². The van der Waals surface area contributed by atoms with E-state index in [1.54, 1.807) is 20.8 Å². The summed E-state index contributed by atoms with van der Waals surface area (Å²) >= 11 is 1.52. The number of ether oxygens (including phenoxy) is 1. The predicted octanol–water partition coefficient (Wildman–Crippen LogP) is 1.81. The first-order valence-electron chi connectivity index (χ1n) is 6.00. The minimum Gasteiger partial charge on any atom is -0.455 e. The Morgan fingerprint density at radius 1 is 1.53 bits per heavy atom. The number of fused-ring (bicyclic) bond motifs is 1. The maximum Gasteiger partial charge on any atom is 0.355 e. The van der Waals surface area contributed by atoms with E-state index in [0.717, 1.165) is 5.57 Å². The van der Waals surface area contributed by atoms with Gasteiger partial charge >= 0.3 is 17.9 Å². The van der Waals surface area contributed by atoms with Crippen LogP contribution in [0.25, 0.3) is 4.85 Å². The first-order valence-corrected chi connectivity index (χ1v) is 7.05. The van der Waals surface area contributed by atoms with Crippen molar-refractivity contribution >= 4 is 23.6 Å². The van der Waals surface area contributed by atoms with E-state index in [1.807, 2.05) is 6.92 Å². The SMILES string of the molecule is [C-]#[N+]C1C(=O)N2C(C(=O)OC(C)(C)C)=C(C)CS[C@@H]12. The summed E-state index contributed by atoms with van der Waals surface area (Å²) in [7, 11) is 0. The highest BCUT2D eigenvalue weighted by Crippen LogP contribution is 2.42. The molecule has 0 N–H and O–H groups in total. The highest BCUT2D eigenvalue weighted by molar-refractivity contribution is 8.00. The van der Waals surface area contributed by atoms with Crippen LogP contribution < -0.4 is 0 Å². The fourth-order valence-electron chi connectivity index (χ4n) is 2.05. The van der Waals surface area contributed by atoms with Crippen LogP contribution in [0.4, 0.5) is 0 Å². The van der Waals surface area contributed by atoms with Gasteiger partial charge in [-0.1, -0.05) is 0 Å². The summed E-state index contributed by atoms with van der Waals surface area (Å²) in [5, 5.41) is -0.240. The third-order valence-corrected chi connectivity index (χ3v) is 4.27. The Morgan fingerprint density at radius 2 is 2.16 bits per heavy atom. The Morgan fingerprint density at radius 3 is 2.68 bits per heavy atom. The van der Waals surface area contributed by atoms with Gasteiger partial charge in [0.05, 0.1) is 0 Å². The van der Waals surface area contributed by atoms with E-state index in [9.17, 15) is 9.59 Å². The Balaban J connectivity index is 2.27. The molecule has 0 bridgehead atoms. The van der Waals surface area contributed by atoms with E-state index in [1.165, 1.54) is 16.7 Å². The van der Waals surface area contributed by atoms with Crippen LogP contribution >= 0.6 is 11.8 Å². The molecular formula is C13H16N2O3S. The Bertz CT molecular complexity index is 513. The minimum absolute atomic E-state index is 0.240. The number of carbonyl (C=O) groups excluding carboxylic acids is 2. The molecule has 2 rings (SSSR count). The molecule has 1 unspecified atom stereocenters. The fraction of sp³-hybridized carbons (Fsp3) is 0.615. The number of esters is 1. The molecule has 6 heteroatoms. The van der Waals surface area contributed by atoms with Crippen molar-refractivity contribution < 1.29 is 14.3 Å². The first-order chi connectivity index (χ1) is 8.76. The van der Waals surface area contributed by atoms with Crippen LogP contribution in [0.2, 0.25) is 0 Å². The van der Waals surface area contributed by atoms with Gasteiger partial charge < -0.3 is 4.74 Å². The van der Waals surface area contributed by atoms with Gasteiger partial charge in [0.25, 0.3) is 0 Å². The molecule has 1 saturated heterocycles. The lowest BCUT2D eigenvalue weighted by molar-refractivity contribution is -0.157. The van der Waals surface area contributed by atoms with E-state index in [4.69, 9.17) is 11.3 Å². The molecule has 102 valence electrons. The summed E-state index contributed by atoms with van der Waals surface area (Å²) in [6.45, 7) is 14.2. The number of hydrogen-bond acceptors (Lipinski definition) is 4. The molecule has 2 aliphatic heterocycles. The topological polar surface area (TPSA) is 51.0 Å². The lowest BCUT2D eigenvalue weighted by Crippen LogP contribution is -2.63. The summed E-state index contributed by atoms with van der Waals surface area (Å²) in [6.07, 6.45) is 0. The fourth-order valence-corrected chi connectivity index (χ4v) is 3.33. The molecule has 0 saturated carbocycles. The maximum atomic E-state index is 12.2. The molecule has 0 radical (unpaired) electrons. The molecule has 1 fully saturated rings. The summed E-state index contributed by atoms with van der Waals surface area (Å²) in [5.74, 6) is -0.130. The lowest BCUT2D eigenvalue weighted by atomic mass is 10.0. The molecule has 0 aliphatic carbocycles. The van der Waals surface area contributed by atoms with Crippen molar-refractivity contribution in [3.05, 3.63) is 22.7 Å². The van der Waals surface area contributed by atoms with Gasteiger partial charge in [-0.2, -0.15) is 0 Å². The van der Waals surface area contributed by atoms with E-state index >= 15 is 0 Å². The smallest absolute Gasteiger partial charge is 0.355 e. The van der Waals surface area contributed by atoms with Crippen molar-refractivity contribution in [2.24, 2.45) is 0 Å². The number of amides is 1. The Labute approximate surface area is 116 Å². The van der Waals surface area contributed by atoms with Gasteiger partial charge in [0.15, 0.2) is 5.37 Å². The van der Waals surface area contributed by atoms with Crippen molar-refractivity contribution in [2.45, 2.75) is 44.7 Å². The van der Waals surface area contributed by atoms with Gasteiger partial charge in [-0.15, -0.1) is 11.8 Å². The number of hydrogen-bond donors (Lipinski definition) is 0. The van der Waals surface area contributed by atoms with E-state index in [2.05, 4.69) is 4.85 Å². The van der Waals surface area contributed by atoms with E-state index < -0.39 is 17.6 Å². The van der Waals surface area contributed by atoms with Crippen molar-refractivity contribution in [3.63, 3.8) is 0 Å². The molecule has 1 amide bonds. The second kappa shape index (κ2) is 4.57. The zero-order chi connectivity index (χ0) is 14.4. The van der Waals surface area contributed by atoms with Crippen molar-refractivity contribution in [2.75, 3.05) is 5.75 Å². The summed E-state index contributed by atoms with van der Waals surface area (Å²) in [5.41, 5.74) is 0.549. The van der Waals surface area contributed by atoms with Crippen molar-refractivity contribution in [1.82, 2.24) is 4.90 Å². The molecule has 2 aliphatic rings. The largest absolute Gasteiger partial charge is 0.455 e. The summed E-state index contributed by atoms with van der Waals surface area (Å²) in [4.78, 5) is 28.8. The van der Waals surface area contributed by atoms with Crippen LogP contribution in [0.5, 0.6) is 0 Å². The highest BCUT2D eigenvalue weighted by atomic mass is 32.2. The average Bonchev–Trinajstić information content (AvgIpc) is 2.27. The average molecular weight is 280 g/mol. The van der Waals surface area contributed by atoms with Gasteiger partial charge in [-0.05, 0) is 33.3 Å². The molecule has 19 heavy (non-hydrogen) atoms. The maximum absolute atomic E-state index is 12.2. The number of β-lactam (4-membered cyclic amide) rings is 1. The number of nitrogens with zero attached hydrogens (tertiary/aromatic N) is 2. The molecule has 0 spiro atoms. The third-order valence-electron chi connectivity index (χ3n) is 2.86. The van der Waals surface area contributed by atoms with Gasteiger partial charge in [-0.25, -0.2) is 11.4 Å². The molecule has 2 atom stereocenters. The quantitative estimate of drug-likeness (QED) is 0.417. The Hall–Kier alpha value is -1.48. The zero-order valence-electron chi connectivity index (χ0n) is 11.4. The standard InChI is InChI=1S/C13H16N2O3S/c1-7-6-19-11-8(14-5)10(16)15(11)9(7)12(17)18-13(2,3)4/h8,11H,6H2,1-4H3/t8?,11-/m0/s1. The van der Waals surface area contributed by atoms with Crippen molar-refractivity contribution in [3.8, 4) is 0 Å². The summed E-state index contributed by atoms with van der Waals surface area (Å²) < 4.78 is 5.34. The number of thioether (sulfide) groups is 1. The molecule has 5 nitrogen and oxygen atoms in total. The third kappa shape index (κ3) is 2.35. The second-order valence-electron chi connectivity index (χ2n) is 5.61. The van der Waals surface area contributed by atoms with Crippen molar-refractivity contribution in [1.29, 1.82) is 0 Å². The molecule has 0 aromatic rings. The molecule has 0 aromatic carbocycles. The minimum atomic E-state index is -0.657. The number of carbonyl (C=O) groups is 2. The van der Waals surface area contributed by atoms with Gasteiger partial charge in [0.2, 0.25) is 0 Å². The van der Waals surface area contributed by atoms with Crippen LogP contribution in [0.1, 0.15) is 27.7 Å². The summed E-state index contributed by atoms with van der Waals surface area (Å²) in [6, 6.07) is -0.657. The normalized spacial score (nSPS) is 26.5. The first kappa shape index (κ1) is 13.9. The van der Waals surface area contributed by atoms with Gasteiger partial charge in [0.1, 0.15) is 11.3 Å². The van der Waals surface area contributed by atoms with Crippen LogP contribution in [0.15, 0.2) is 11.3 Å². The van der Waals surface area contributed by atoms with E-state index in [0.29, 0.717) is 11.4 Å². The Kier molecular flexibility index (Phi) is 3.35. The second-order valence-corrected chi connectivity index (χ2v) is 6.72. The molecular weight excluding hydrogens is 264 g/mol. The zero-order valence-corrected chi connectivity index (χ0v) is 12.2. The van der Waals surface area contributed by atoms with Crippen LogP contribution in [0, 0.1) is 6.57 Å². The number of rotatable bonds is 1. The molecule has 2 heterocycles. The highest BCUT2D eigenvalue weighted by Gasteiger charge is 2.58. The van der Waals surface area contributed by atoms with Crippen LogP contribution in [-0.2, 0) is 14.3 Å².